The van der Waals surface area contributed by atoms with Gasteiger partial charge in [-0.15, -0.1) is 0 Å². The average Bonchev–Trinajstić information content (AvgIpc) is 2.41. The summed E-state index contributed by atoms with van der Waals surface area (Å²) in [6.45, 7) is 4.62. The van der Waals surface area contributed by atoms with Gasteiger partial charge in [-0.2, -0.15) is 9.65 Å². The summed E-state index contributed by atoms with van der Waals surface area (Å²) in [6.07, 6.45) is 1.30. The van der Waals surface area contributed by atoms with Crippen molar-refractivity contribution in [2.45, 2.75) is 32.2 Å². The molecule has 0 saturated carbocycles. The predicted octanol–water partition coefficient (Wildman–Crippen LogP) is 3.02. The van der Waals surface area contributed by atoms with E-state index in [1.54, 1.807) is 6.92 Å². The number of nitrogens with zero attached hydrogens (tertiary/aromatic N) is 1. The number of halogens is 2. The van der Waals surface area contributed by atoms with Crippen LogP contribution in [0.5, 0.6) is 5.75 Å². The van der Waals surface area contributed by atoms with Crippen LogP contribution in [-0.2, 0) is 0 Å². The molecule has 1 aromatic carbocycles. The number of rotatable bonds is 7. The van der Waals surface area contributed by atoms with Crippen LogP contribution in [0, 0.1) is 23.0 Å². The Bertz CT molecular complexity index is 459. The van der Waals surface area contributed by atoms with E-state index in [0.717, 1.165) is 19.0 Å². The molecule has 0 heterocycles. The molecule has 0 amide bonds. The van der Waals surface area contributed by atoms with Crippen LogP contribution in [0.25, 0.3) is 0 Å². The summed E-state index contributed by atoms with van der Waals surface area (Å²) in [5, 5.41) is 12.2. The quantitative estimate of drug-likeness (QED) is 0.826. The molecular formula is C14H18F2N2O. The maximum atomic E-state index is 13.3. The van der Waals surface area contributed by atoms with E-state index in [-0.39, 0.29) is 12.4 Å². The summed E-state index contributed by atoms with van der Waals surface area (Å²) in [5.74, 6) is -2.07. The van der Waals surface area contributed by atoms with Crippen molar-refractivity contribution in [3.05, 3.63) is 29.8 Å². The zero-order valence-electron chi connectivity index (χ0n) is 11.2. The molecule has 5 heteroatoms. The third-order valence-corrected chi connectivity index (χ3v) is 2.79. The second-order valence-electron chi connectivity index (χ2n) is 4.52. The maximum Gasteiger partial charge on any atom is 0.200 e. The van der Waals surface area contributed by atoms with Gasteiger partial charge in [-0.05, 0) is 32.0 Å². The van der Waals surface area contributed by atoms with Gasteiger partial charge >= 0.3 is 0 Å². The van der Waals surface area contributed by atoms with Crippen molar-refractivity contribution in [3.8, 4) is 11.8 Å². The summed E-state index contributed by atoms with van der Waals surface area (Å²) in [6, 6.07) is 5.94. The Hall–Kier alpha value is -1.67. The zero-order chi connectivity index (χ0) is 14.3. The Morgan fingerprint density at radius 1 is 1.42 bits per heavy atom. The normalized spacial score (nSPS) is 13.6. The minimum absolute atomic E-state index is 0.129. The maximum absolute atomic E-state index is 13.3. The highest BCUT2D eigenvalue weighted by molar-refractivity contribution is 5.25. The third-order valence-electron chi connectivity index (χ3n) is 2.79. The number of hydrogen-bond acceptors (Lipinski definition) is 3. The van der Waals surface area contributed by atoms with E-state index in [1.165, 1.54) is 12.1 Å². The van der Waals surface area contributed by atoms with Gasteiger partial charge in [0.1, 0.15) is 5.54 Å². The standard InChI is InChI=1S/C14H18F2N2O/c1-3-8-18-14(2,10-17)7-9-19-12-6-4-5-11(15)13(12)16/h4-6,18H,3,7-9H2,1-2H3. The Kier molecular flexibility index (Phi) is 5.71. The summed E-state index contributed by atoms with van der Waals surface area (Å²) >= 11 is 0. The molecule has 0 aliphatic rings. The lowest BCUT2D eigenvalue weighted by atomic mass is 10.0. The average molecular weight is 268 g/mol. The van der Waals surface area contributed by atoms with Crippen molar-refractivity contribution >= 4 is 0 Å². The molecule has 1 aromatic rings. The second-order valence-corrected chi connectivity index (χ2v) is 4.52. The summed E-state index contributed by atoms with van der Waals surface area (Å²) in [5.41, 5.74) is -0.722. The molecule has 3 nitrogen and oxygen atoms in total. The smallest absolute Gasteiger partial charge is 0.200 e. The summed E-state index contributed by atoms with van der Waals surface area (Å²) in [4.78, 5) is 0. The molecule has 0 saturated heterocycles. The van der Waals surface area contributed by atoms with Crippen molar-refractivity contribution in [2.24, 2.45) is 0 Å². The molecule has 1 N–H and O–H groups in total. The fourth-order valence-electron chi connectivity index (χ4n) is 1.55. The van der Waals surface area contributed by atoms with Crippen molar-refractivity contribution in [2.75, 3.05) is 13.2 Å². The number of benzene rings is 1. The lowest BCUT2D eigenvalue weighted by molar-refractivity contribution is 0.254. The molecule has 0 aromatic heterocycles. The highest BCUT2D eigenvalue weighted by Crippen LogP contribution is 2.20. The van der Waals surface area contributed by atoms with Crippen molar-refractivity contribution in [3.63, 3.8) is 0 Å². The molecule has 0 radical (unpaired) electrons. The van der Waals surface area contributed by atoms with Crippen LogP contribution in [-0.4, -0.2) is 18.7 Å². The fraction of sp³-hybridized carbons (Fsp3) is 0.500. The highest BCUT2D eigenvalue weighted by atomic mass is 19.2. The monoisotopic (exact) mass is 268 g/mol. The second kappa shape index (κ2) is 7.05. The minimum atomic E-state index is -0.998. The van der Waals surface area contributed by atoms with Gasteiger partial charge in [-0.25, -0.2) is 4.39 Å². The molecule has 0 aliphatic heterocycles. The molecular weight excluding hydrogens is 250 g/mol. The SMILES string of the molecule is CCCNC(C)(C#N)CCOc1cccc(F)c1F. The Balaban J connectivity index is 2.53. The first-order valence-corrected chi connectivity index (χ1v) is 6.25. The van der Waals surface area contributed by atoms with E-state index in [2.05, 4.69) is 11.4 Å². The molecule has 104 valence electrons. The van der Waals surface area contributed by atoms with Crippen LogP contribution in [0.1, 0.15) is 26.7 Å². The van der Waals surface area contributed by atoms with Crippen LogP contribution in [0.15, 0.2) is 18.2 Å². The molecule has 1 atom stereocenters. The van der Waals surface area contributed by atoms with Crippen molar-refractivity contribution < 1.29 is 13.5 Å². The molecule has 19 heavy (non-hydrogen) atoms. The predicted molar refractivity (Wildman–Crippen MR) is 68.8 cm³/mol. The summed E-state index contributed by atoms with van der Waals surface area (Å²) in [7, 11) is 0. The molecule has 0 fully saturated rings. The van der Waals surface area contributed by atoms with E-state index in [0.29, 0.717) is 6.42 Å². The molecule has 0 spiro atoms. The van der Waals surface area contributed by atoms with Gasteiger partial charge < -0.3 is 4.74 Å². The zero-order valence-corrected chi connectivity index (χ0v) is 11.2. The molecule has 1 unspecified atom stereocenters. The van der Waals surface area contributed by atoms with Crippen LogP contribution >= 0.6 is 0 Å². The van der Waals surface area contributed by atoms with E-state index < -0.39 is 17.2 Å². The van der Waals surface area contributed by atoms with Crippen LogP contribution < -0.4 is 10.1 Å². The first kappa shape index (κ1) is 15.4. The Morgan fingerprint density at radius 2 is 2.16 bits per heavy atom. The lowest BCUT2D eigenvalue weighted by Gasteiger charge is -2.23. The summed E-state index contributed by atoms with van der Waals surface area (Å²) < 4.78 is 31.5. The van der Waals surface area contributed by atoms with Crippen LogP contribution in [0.4, 0.5) is 8.78 Å². The first-order valence-electron chi connectivity index (χ1n) is 6.25. The Morgan fingerprint density at radius 3 is 2.79 bits per heavy atom. The van der Waals surface area contributed by atoms with Crippen molar-refractivity contribution in [1.29, 1.82) is 5.26 Å². The van der Waals surface area contributed by atoms with Gasteiger partial charge in [0.15, 0.2) is 11.6 Å². The first-order chi connectivity index (χ1) is 9.02. The number of hydrogen-bond donors (Lipinski definition) is 1. The molecule has 0 aliphatic carbocycles. The topological polar surface area (TPSA) is 45.0 Å². The largest absolute Gasteiger partial charge is 0.490 e. The number of ether oxygens (including phenoxy) is 1. The van der Waals surface area contributed by atoms with Crippen molar-refractivity contribution in [1.82, 2.24) is 5.32 Å². The van der Waals surface area contributed by atoms with E-state index in [1.807, 2.05) is 6.92 Å². The van der Waals surface area contributed by atoms with Gasteiger partial charge in [0, 0.05) is 6.42 Å². The van der Waals surface area contributed by atoms with Gasteiger partial charge in [0.2, 0.25) is 5.82 Å². The van der Waals surface area contributed by atoms with Gasteiger partial charge in [0.05, 0.1) is 12.7 Å². The number of nitrogens with one attached hydrogen (secondary N) is 1. The Labute approximate surface area is 112 Å². The van der Waals surface area contributed by atoms with Gasteiger partial charge in [-0.1, -0.05) is 13.0 Å². The van der Waals surface area contributed by atoms with E-state index in [9.17, 15) is 8.78 Å². The van der Waals surface area contributed by atoms with Gasteiger partial charge in [0.25, 0.3) is 0 Å². The van der Waals surface area contributed by atoms with Crippen LogP contribution in [0.3, 0.4) is 0 Å². The third kappa shape index (κ3) is 4.49. The van der Waals surface area contributed by atoms with Crippen LogP contribution in [0.2, 0.25) is 0 Å². The highest BCUT2D eigenvalue weighted by Gasteiger charge is 2.22. The number of nitriles is 1. The molecule has 0 bridgehead atoms. The lowest BCUT2D eigenvalue weighted by Crippen LogP contribution is -2.42. The fourth-order valence-corrected chi connectivity index (χ4v) is 1.55. The molecule has 1 rings (SSSR count). The van der Waals surface area contributed by atoms with E-state index in [4.69, 9.17) is 10.00 Å². The van der Waals surface area contributed by atoms with E-state index >= 15 is 0 Å². The van der Waals surface area contributed by atoms with Gasteiger partial charge in [-0.3, -0.25) is 5.32 Å². The minimum Gasteiger partial charge on any atom is -0.490 e.